The molecule has 2 aromatic carbocycles. The van der Waals surface area contributed by atoms with E-state index in [2.05, 4.69) is 15.3 Å². The van der Waals surface area contributed by atoms with Gasteiger partial charge in [0.2, 0.25) is 5.95 Å². The number of fused-ring (bicyclic) bond motifs is 1. The average molecular weight is 540 g/mol. The Balaban J connectivity index is 1.39. The van der Waals surface area contributed by atoms with Gasteiger partial charge in [0.15, 0.2) is 0 Å². The maximum atomic E-state index is 13.9. The number of carbonyl (C=O) groups is 2. The zero-order valence-electron chi connectivity index (χ0n) is 21.5. The molecule has 5 rings (SSSR count). The van der Waals surface area contributed by atoms with E-state index >= 15 is 0 Å². The Kier molecular flexibility index (Phi) is 6.89. The number of anilines is 4. The van der Waals surface area contributed by atoms with Gasteiger partial charge in [-0.25, -0.2) is 9.78 Å². The van der Waals surface area contributed by atoms with Gasteiger partial charge in [0.05, 0.1) is 17.8 Å². The minimum Gasteiger partial charge on any atom is -0.368 e. The van der Waals surface area contributed by atoms with Crippen LogP contribution in [0, 0.1) is 6.92 Å². The Hall–Kier alpha value is -4.19. The number of nitrogens with zero attached hydrogens (tertiary/aromatic N) is 5. The number of hydrogen-bond acceptors (Lipinski definition) is 6. The van der Waals surface area contributed by atoms with Crippen LogP contribution < -0.4 is 20.9 Å². The molecule has 9 nitrogen and oxygen atoms in total. The van der Waals surface area contributed by atoms with Crippen molar-refractivity contribution in [3.63, 3.8) is 0 Å². The third-order valence-corrected chi connectivity index (χ3v) is 7.05. The van der Waals surface area contributed by atoms with E-state index < -0.39 is 17.6 Å². The number of likely N-dealkylation sites (tertiary alicyclic amines) is 1. The SMILES string of the molecule is Cc1ccc(NC(=O)c2ccc(CN3CCCC3)c(C(F)(F)F)c2)cc1N1Cc2cnc(N)nc2N(C)C1=O. The Morgan fingerprint density at radius 1 is 1.13 bits per heavy atom. The fourth-order valence-corrected chi connectivity index (χ4v) is 4.99. The molecule has 2 aliphatic heterocycles. The van der Waals surface area contributed by atoms with Crippen molar-refractivity contribution >= 4 is 35.1 Å². The van der Waals surface area contributed by atoms with E-state index in [-0.39, 0.29) is 36.2 Å². The number of nitrogens with two attached hydrogens (primary N) is 1. The summed E-state index contributed by atoms with van der Waals surface area (Å²) in [6.07, 6.45) is -1.10. The highest BCUT2D eigenvalue weighted by Gasteiger charge is 2.35. The molecule has 39 heavy (non-hydrogen) atoms. The Labute approximate surface area is 223 Å². The maximum absolute atomic E-state index is 13.9. The molecule has 204 valence electrons. The number of nitrogen functional groups attached to an aromatic ring is 1. The van der Waals surface area contributed by atoms with Crippen LogP contribution in [0.25, 0.3) is 0 Å². The molecule has 0 radical (unpaired) electrons. The number of carbonyl (C=O) groups excluding carboxylic acids is 2. The number of halogens is 3. The van der Waals surface area contributed by atoms with Crippen molar-refractivity contribution in [3.05, 3.63) is 70.4 Å². The second-order valence-corrected chi connectivity index (χ2v) is 9.81. The van der Waals surface area contributed by atoms with Crippen molar-refractivity contribution in [2.75, 3.05) is 41.0 Å². The molecule has 0 bridgehead atoms. The van der Waals surface area contributed by atoms with E-state index in [1.165, 1.54) is 21.9 Å². The quantitative estimate of drug-likeness (QED) is 0.482. The van der Waals surface area contributed by atoms with E-state index in [9.17, 15) is 22.8 Å². The van der Waals surface area contributed by atoms with Gasteiger partial charge in [-0.2, -0.15) is 18.2 Å². The lowest BCUT2D eigenvalue weighted by Gasteiger charge is -2.34. The first kappa shape index (κ1) is 26.4. The van der Waals surface area contributed by atoms with Gasteiger partial charge in [0, 0.05) is 36.6 Å². The average Bonchev–Trinajstić information content (AvgIpc) is 3.40. The van der Waals surface area contributed by atoms with Crippen molar-refractivity contribution in [2.45, 2.75) is 39.0 Å². The number of alkyl halides is 3. The molecule has 3 aromatic rings. The summed E-state index contributed by atoms with van der Waals surface area (Å²) < 4.78 is 41.7. The molecule has 3 amide bonds. The summed E-state index contributed by atoms with van der Waals surface area (Å²) in [5.74, 6) is -0.209. The fraction of sp³-hybridized carbons (Fsp3) is 0.333. The molecule has 0 aliphatic carbocycles. The number of hydrogen-bond donors (Lipinski definition) is 2. The lowest BCUT2D eigenvalue weighted by atomic mass is 10.0. The van der Waals surface area contributed by atoms with Crippen LogP contribution >= 0.6 is 0 Å². The number of amides is 3. The highest BCUT2D eigenvalue weighted by molar-refractivity contribution is 6.07. The van der Waals surface area contributed by atoms with Gasteiger partial charge in [0.1, 0.15) is 5.82 Å². The number of urea groups is 1. The van der Waals surface area contributed by atoms with Crippen molar-refractivity contribution in [3.8, 4) is 0 Å². The van der Waals surface area contributed by atoms with Crippen LogP contribution in [0.2, 0.25) is 0 Å². The van der Waals surface area contributed by atoms with Crippen LogP contribution in [-0.2, 0) is 19.3 Å². The molecule has 0 atom stereocenters. The van der Waals surface area contributed by atoms with Crippen molar-refractivity contribution in [1.29, 1.82) is 0 Å². The van der Waals surface area contributed by atoms with Gasteiger partial charge in [-0.3, -0.25) is 19.5 Å². The number of rotatable bonds is 5. The molecule has 3 N–H and O–H groups in total. The minimum absolute atomic E-state index is 0.0560. The van der Waals surface area contributed by atoms with Gasteiger partial charge >= 0.3 is 12.2 Å². The molecule has 1 fully saturated rings. The molecule has 12 heteroatoms. The van der Waals surface area contributed by atoms with Crippen LogP contribution in [0.3, 0.4) is 0 Å². The van der Waals surface area contributed by atoms with Gasteiger partial charge in [-0.15, -0.1) is 0 Å². The molecule has 3 heterocycles. The van der Waals surface area contributed by atoms with Gasteiger partial charge in [-0.05, 0) is 68.2 Å². The zero-order valence-corrected chi connectivity index (χ0v) is 21.5. The first-order valence-corrected chi connectivity index (χ1v) is 12.5. The Morgan fingerprint density at radius 2 is 1.87 bits per heavy atom. The Morgan fingerprint density at radius 3 is 2.59 bits per heavy atom. The number of nitrogens with one attached hydrogen (secondary N) is 1. The molecular weight excluding hydrogens is 511 g/mol. The summed E-state index contributed by atoms with van der Waals surface area (Å²) in [5.41, 5.74) is 7.23. The summed E-state index contributed by atoms with van der Waals surface area (Å²) in [5, 5.41) is 2.68. The highest BCUT2D eigenvalue weighted by atomic mass is 19.4. The van der Waals surface area contributed by atoms with Gasteiger partial charge in [0.25, 0.3) is 5.91 Å². The predicted molar refractivity (Wildman–Crippen MR) is 142 cm³/mol. The van der Waals surface area contributed by atoms with E-state index in [0.717, 1.165) is 37.6 Å². The largest absolute Gasteiger partial charge is 0.416 e. The number of benzene rings is 2. The smallest absolute Gasteiger partial charge is 0.368 e. The second-order valence-electron chi connectivity index (χ2n) is 9.81. The first-order valence-electron chi connectivity index (χ1n) is 12.5. The molecule has 0 unspecified atom stereocenters. The molecule has 1 aromatic heterocycles. The van der Waals surface area contributed by atoms with Crippen LogP contribution in [0.5, 0.6) is 0 Å². The number of aryl methyl sites for hydroxylation is 1. The van der Waals surface area contributed by atoms with Crippen molar-refractivity contribution < 1.29 is 22.8 Å². The summed E-state index contributed by atoms with van der Waals surface area (Å²) in [4.78, 5) is 39.2. The van der Waals surface area contributed by atoms with Crippen LogP contribution in [0.1, 0.15) is 45.5 Å². The predicted octanol–water partition coefficient (Wildman–Crippen LogP) is 4.81. The topological polar surface area (TPSA) is 108 Å². The third-order valence-electron chi connectivity index (χ3n) is 7.05. The lowest BCUT2D eigenvalue weighted by molar-refractivity contribution is -0.138. The lowest BCUT2D eigenvalue weighted by Crippen LogP contribution is -2.46. The monoisotopic (exact) mass is 539 g/mol. The maximum Gasteiger partial charge on any atom is 0.416 e. The van der Waals surface area contributed by atoms with Gasteiger partial charge < -0.3 is 11.1 Å². The van der Waals surface area contributed by atoms with E-state index in [0.29, 0.717) is 22.8 Å². The van der Waals surface area contributed by atoms with E-state index in [1.54, 1.807) is 31.4 Å². The highest BCUT2D eigenvalue weighted by Crippen LogP contribution is 2.35. The summed E-state index contributed by atoms with van der Waals surface area (Å²) in [6.45, 7) is 3.72. The van der Waals surface area contributed by atoms with Crippen LogP contribution in [0.4, 0.5) is 41.1 Å². The zero-order chi connectivity index (χ0) is 27.9. The number of aromatic nitrogens is 2. The molecule has 1 saturated heterocycles. The molecular formula is C27H28F3N7O2. The van der Waals surface area contributed by atoms with E-state index in [1.807, 2.05) is 11.8 Å². The van der Waals surface area contributed by atoms with Crippen LogP contribution in [0.15, 0.2) is 42.6 Å². The third kappa shape index (κ3) is 5.37. The molecule has 0 saturated carbocycles. The van der Waals surface area contributed by atoms with Gasteiger partial charge in [-0.1, -0.05) is 12.1 Å². The van der Waals surface area contributed by atoms with Crippen molar-refractivity contribution in [2.24, 2.45) is 0 Å². The molecule has 0 spiro atoms. The Bertz CT molecular complexity index is 1440. The standard InChI is InChI=1S/C27H28F3N7O2/c1-16-5-8-20(12-22(16)37-15-19-13-32-25(31)34-23(19)35(2)26(37)39)33-24(38)17-6-7-18(14-36-9-3-4-10-36)21(11-17)27(28,29)30/h5-8,11-13H,3-4,9-10,14-15H2,1-2H3,(H,33,38)(H2,31,32,34). The summed E-state index contributed by atoms with van der Waals surface area (Å²) in [7, 11) is 1.58. The molecule has 2 aliphatic rings. The first-order chi connectivity index (χ1) is 18.5. The second kappa shape index (κ2) is 10.2. The fourth-order valence-electron chi connectivity index (χ4n) is 4.99. The normalized spacial score (nSPS) is 16.0. The summed E-state index contributed by atoms with van der Waals surface area (Å²) >= 11 is 0. The van der Waals surface area contributed by atoms with E-state index in [4.69, 9.17) is 5.73 Å². The summed E-state index contributed by atoms with van der Waals surface area (Å²) in [6, 6.07) is 8.33. The van der Waals surface area contributed by atoms with Crippen LogP contribution in [-0.4, -0.2) is 46.9 Å². The minimum atomic E-state index is -4.59. The van der Waals surface area contributed by atoms with Crippen molar-refractivity contribution in [1.82, 2.24) is 14.9 Å².